The van der Waals surface area contributed by atoms with Crippen LogP contribution >= 0.6 is 0 Å². The van der Waals surface area contributed by atoms with E-state index in [-0.39, 0.29) is 11.9 Å². The van der Waals surface area contributed by atoms with Gasteiger partial charge < -0.3 is 5.32 Å². The zero-order valence-electron chi connectivity index (χ0n) is 7.39. The van der Waals surface area contributed by atoms with Crippen LogP contribution in [0.5, 0.6) is 0 Å². The summed E-state index contributed by atoms with van der Waals surface area (Å²) in [4.78, 5) is 21.0. The van der Waals surface area contributed by atoms with Gasteiger partial charge in [-0.15, -0.1) is 0 Å². The first-order chi connectivity index (χ1) is 5.76. The number of hydrazine groups is 1. The maximum atomic E-state index is 11.1. The van der Waals surface area contributed by atoms with Crippen molar-refractivity contribution in [1.82, 2.24) is 16.2 Å². The van der Waals surface area contributed by atoms with Crippen molar-refractivity contribution in [3.8, 4) is 0 Å². The summed E-state index contributed by atoms with van der Waals surface area (Å²) in [5.74, 6) is -0.216. The third kappa shape index (κ3) is 3.92. The predicted octanol–water partition coefficient (Wildman–Crippen LogP) is -0.848. The van der Waals surface area contributed by atoms with E-state index in [1.165, 1.54) is 0 Å². The highest BCUT2D eigenvalue weighted by Gasteiger charge is 2.13. The minimum Gasteiger partial charge on any atom is -0.306 e. The summed E-state index contributed by atoms with van der Waals surface area (Å²) in [7, 11) is 0. The Morgan fingerprint density at radius 2 is 2.17 bits per heavy atom. The van der Waals surface area contributed by atoms with Gasteiger partial charge in [0.15, 0.2) is 0 Å². The first-order valence-electron chi connectivity index (χ1n) is 3.98. The third-order valence-electron chi connectivity index (χ3n) is 1.43. The standard InChI is InChI=1S/C7H15N3O2/c1-3-6(8-4-2)7(12)10-9-5-11/h5-6,8H,3-4H2,1-2H3,(H,9,11)(H,10,12). The Morgan fingerprint density at radius 1 is 1.50 bits per heavy atom. The molecule has 5 heteroatoms. The molecule has 3 N–H and O–H groups in total. The highest BCUT2D eigenvalue weighted by molar-refractivity contribution is 5.82. The van der Waals surface area contributed by atoms with Gasteiger partial charge in [0.05, 0.1) is 6.04 Å². The molecule has 12 heavy (non-hydrogen) atoms. The maximum absolute atomic E-state index is 11.1. The lowest BCUT2D eigenvalue weighted by Crippen LogP contribution is -2.48. The molecule has 1 unspecified atom stereocenters. The zero-order valence-corrected chi connectivity index (χ0v) is 7.39. The second kappa shape index (κ2) is 6.60. The molecule has 70 valence electrons. The molecule has 0 fully saturated rings. The van der Waals surface area contributed by atoms with Crippen molar-refractivity contribution in [2.24, 2.45) is 0 Å². The molecule has 0 saturated heterocycles. The molecule has 0 heterocycles. The van der Waals surface area contributed by atoms with Gasteiger partial charge >= 0.3 is 0 Å². The van der Waals surface area contributed by atoms with E-state index >= 15 is 0 Å². The highest BCUT2D eigenvalue weighted by atomic mass is 16.2. The Kier molecular flexibility index (Phi) is 6.00. The maximum Gasteiger partial charge on any atom is 0.255 e. The molecule has 0 bridgehead atoms. The van der Waals surface area contributed by atoms with E-state index < -0.39 is 0 Å². The van der Waals surface area contributed by atoms with Crippen molar-refractivity contribution in [2.75, 3.05) is 6.54 Å². The number of carbonyl (C=O) groups excluding carboxylic acids is 2. The molecule has 5 nitrogen and oxygen atoms in total. The summed E-state index contributed by atoms with van der Waals surface area (Å²) in [5.41, 5.74) is 4.35. The number of nitrogens with one attached hydrogen (secondary N) is 3. The second-order valence-corrected chi connectivity index (χ2v) is 2.27. The fourth-order valence-corrected chi connectivity index (χ4v) is 0.857. The monoisotopic (exact) mass is 173 g/mol. The van der Waals surface area contributed by atoms with Gasteiger partial charge in [0, 0.05) is 0 Å². The van der Waals surface area contributed by atoms with Crippen LogP contribution in [0.3, 0.4) is 0 Å². The normalized spacial score (nSPS) is 11.8. The van der Waals surface area contributed by atoms with Crippen LogP contribution in [-0.4, -0.2) is 24.9 Å². The van der Waals surface area contributed by atoms with Gasteiger partial charge in [-0.25, -0.2) is 0 Å². The van der Waals surface area contributed by atoms with Gasteiger partial charge in [0.25, 0.3) is 5.91 Å². The summed E-state index contributed by atoms with van der Waals surface area (Å²) in [6, 6.07) is -0.234. The third-order valence-corrected chi connectivity index (χ3v) is 1.43. The smallest absolute Gasteiger partial charge is 0.255 e. The summed E-state index contributed by atoms with van der Waals surface area (Å²) in [6.45, 7) is 4.55. The molecule has 1 atom stereocenters. The van der Waals surface area contributed by atoms with Crippen molar-refractivity contribution in [1.29, 1.82) is 0 Å². The largest absolute Gasteiger partial charge is 0.306 e. The highest BCUT2D eigenvalue weighted by Crippen LogP contribution is 1.88. The van der Waals surface area contributed by atoms with Gasteiger partial charge in [-0.3, -0.25) is 20.4 Å². The van der Waals surface area contributed by atoms with Crippen LogP contribution in [-0.2, 0) is 9.59 Å². The van der Waals surface area contributed by atoms with Crippen molar-refractivity contribution >= 4 is 12.3 Å². The topological polar surface area (TPSA) is 70.2 Å². The first-order valence-corrected chi connectivity index (χ1v) is 3.98. The molecule has 0 rings (SSSR count). The van der Waals surface area contributed by atoms with Crippen LogP contribution in [0.25, 0.3) is 0 Å². The number of hydrogen-bond donors (Lipinski definition) is 3. The Morgan fingerprint density at radius 3 is 2.58 bits per heavy atom. The number of hydrogen-bond acceptors (Lipinski definition) is 3. The summed E-state index contributed by atoms with van der Waals surface area (Å²) < 4.78 is 0. The predicted molar refractivity (Wildman–Crippen MR) is 45.1 cm³/mol. The van der Waals surface area contributed by atoms with Gasteiger partial charge in [-0.05, 0) is 13.0 Å². The van der Waals surface area contributed by atoms with Crippen LogP contribution in [0.15, 0.2) is 0 Å². The fourth-order valence-electron chi connectivity index (χ4n) is 0.857. The molecule has 2 amide bonds. The molecular weight excluding hydrogens is 158 g/mol. The van der Waals surface area contributed by atoms with Gasteiger partial charge in [0.2, 0.25) is 6.41 Å². The molecule has 0 spiro atoms. The minimum absolute atomic E-state index is 0.216. The first kappa shape index (κ1) is 10.9. The van der Waals surface area contributed by atoms with Crippen LogP contribution < -0.4 is 16.2 Å². The molecule has 0 aromatic carbocycles. The Labute approximate surface area is 71.9 Å². The molecule has 0 saturated carbocycles. The van der Waals surface area contributed by atoms with E-state index in [1.807, 2.05) is 13.8 Å². The van der Waals surface area contributed by atoms with Crippen LogP contribution in [0.2, 0.25) is 0 Å². The summed E-state index contributed by atoms with van der Waals surface area (Å²) >= 11 is 0. The van der Waals surface area contributed by atoms with Gasteiger partial charge in [0.1, 0.15) is 0 Å². The van der Waals surface area contributed by atoms with Crippen molar-refractivity contribution < 1.29 is 9.59 Å². The quantitative estimate of drug-likeness (QED) is 0.362. The number of carbonyl (C=O) groups is 2. The molecular formula is C7H15N3O2. The van der Waals surface area contributed by atoms with E-state index in [9.17, 15) is 9.59 Å². The average Bonchev–Trinajstić information content (AvgIpc) is 2.10. The number of amides is 2. The van der Waals surface area contributed by atoms with Crippen LogP contribution in [0.1, 0.15) is 20.3 Å². The van der Waals surface area contributed by atoms with E-state index in [2.05, 4.69) is 16.2 Å². The van der Waals surface area contributed by atoms with Crippen LogP contribution in [0, 0.1) is 0 Å². The minimum atomic E-state index is -0.234. The Hall–Kier alpha value is -1.10. The SMILES string of the molecule is CCNC(CC)C(=O)NNC=O. The summed E-state index contributed by atoms with van der Waals surface area (Å²) in [5, 5.41) is 2.97. The van der Waals surface area contributed by atoms with E-state index in [4.69, 9.17) is 0 Å². The lowest BCUT2D eigenvalue weighted by molar-refractivity contribution is -0.126. The molecule has 0 aromatic heterocycles. The lowest BCUT2D eigenvalue weighted by Gasteiger charge is -2.14. The Bertz CT molecular complexity index is 150. The van der Waals surface area contributed by atoms with Gasteiger partial charge in [-0.1, -0.05) is 13.8 Å². The molecule has 0 aliphatic rings. The molecule has 0 radical (unpaired) electrons. The molecule has 0 aliphatic heterocycles. The molecule has 0 aromatic rings. The zero-order chi connectivity index (χ0) is 9.40. The van der Waals surface area contributed by atoms with E-state index in [0.717, 1.165) is 6.54 Å². The average molecular weight is 173 g/mol. The van der Waals surface area contributed by atoms with Crippen molar-refractivity contribution in [3.05, 3.63) is 0 Å². The number of likely N-dealkylation sites (N-methyl/N-ethyl adjacent to an activating group) is 1. The van der Waals surface area contributed by atoms with Crippen molar-refractivity contribution in [3.63, 3.8) is 0 Å². The van der Waals surface area contributed by atoms with E-state index in [0.29, 0.717) is 12.8 Å². The van der Waals surface area contributed by atoms with Crippen LogP contribution in [0.4, 0.5) is 0 Å². The molecule has 0 aliphatic carbocycles. The van der Waals surface area contributed by atoms with E-state index in [1.54, 1.807) is 0 Å². The lowest BCUT2D eigenvalue weighted by atomic mass is 10.2. The number of rotatable bonds is 6. The Balaban J connectivity index is 3.76. The summed E-state index contributed by atoms with van der Waals surface area (Å²) in [6.07, 6.45) is 1.12. The van der Waals surface area contributed by atoms with Crippen molar-refractivity contribution in [2.45, 2.75) is 26.3 Å². The van der Waals surface area contributed by atoms with Gasteiger partial charge in [-0.2, -0.15) is 0 Å². The second-order valence-electron chi connectivity index (χ2n) is 2.27. The fraction of sp³-hybridized carbons (Fsp3) is 0.714.